The molecule has 128 valence electrons. The highest BCUT2D eigenvalue weighted by Crippen LogP contribution is 2.29. The van der Waals surface area contributed by atoms with Gasteiger partial charge in [0.2, 0.25) is 0 Å². The van der Waals surface area contributed by atoms with Crippen molar-refractivity contribution in [3.05, 3.63) is 35.4 Å². The molecular weight excluding hydrogens is 311 g/mol. The van der Waals surface area contributed by atoms with Gasteiger partial charge in [-0.15, -0.1) is 0 Å². The number of hydrogen-bond acceptors (Lipinski definition) is 3. The Kier molecular flexibility index (Phi) is 5.31. The molecule has 1 atom stereocenters. The molecule has 1 heterocycles. The van der Waals surface area contributed by atoms with E-state index in [-0.39, 0.29) is 12.5 Å². The predicted molar refractivity (Wildman–Crippen MR) is 77.9 cm³/mol. The first-order chi connectivity index (χ1) is 10.7. The normalized spacial score (nSPS) is 19.4. The second-order valence-corrected chi connectivity index (χ2v) is 6.18. The highest BCUT2D eigenvalue weighted by Gasteiger charge is 2.31. The number of ether oxygens (including phenoxy) is 2. The van der Waals surface area contributed by atoms with Crippen molar-refractivity contribution in [3.8, 4) is 0 Å². The predicted octanol–water partition coefficient (Wildman–Crippen LogP) is 2.56. The molecular formula is C16H20F3NO3. The summed E-state index contributed by atoms with van der Waals surface area (Å²) in [6.45, 7) is 4.68. The van der Waals surface area contributed by atoms with Crippen LogP contribution in [0.2, 0.25) is 0 Å². The Morgan fingerprint density at radius 2 is 1.87 bits per heavy atom. The van der Waals surface area contributed by atoms with E-state index in [1.807, 2.05) is 13.8 Å². The Bertz CT molecular complexity index is 534. The van der Waals surface area contributed by atoms with Crippen LogP contribution in [-0.2, 0) is 26.9 Å². The molecule has 0 radical (unpaired) electrons. The topological polar surface area (TPSA) is 47.6 Å². The monoisotopic (exact) mass is 331 g/mol. The van der Waals surface area contributed by atoms with Crippen molar-refractivity contribution in [1.29, 1.82) is 0 Å². The number of benzene rings is 1. The number of carbonyl (C=O) groups excluding carboxylic acids is 1. The average molecular weight is 331 g/mol. The number of nitrogens with one attached hydrogen (secondary N) is 1. The summed E-state index contributed by atoms with van der Waals surface area (Å²) in [5, 5.41) is 2.85. The van der Waals surface area contributed by atoms with Gasteiger partial charge in [-0.3, -0.25) is 4.79 Å². The number of carbonyl (C=O) groups is 1. The number of hydrogen-bond donors (Lipinski definition) is 1. The number of rotatable bonds is 4. The van der Waals surface area contributed by atoms with Crippen LogP contribution in [0.1, 0.15) is 25.0 Å². The Morgan fingerprint density at radius 1 is 1.22 bits per heavy atom. The molecule has 23 heavy (non-hydrogen) atoms. The molecule has 1 amide bonds. The van der Waals surface area contributed by atoms with Crippen LogP contribution in [0.25, 0.3) is 0 Å². The Hall–Kier alpha value is -1.60. The van der Waals surface area contributed by atoms with Gasteiger partial charge >= 0.3 is 6.18 Å². The lowest BCUT2D eigenvalue weighted by molar-refractivity contribution is -0.149. The maximum absolute atomic E-state index is 12.6. The largest absolute Gasteiger partial charge is 0.416 e. The van der Waals surface area contributed by atoms with Crippen LogP contribution < -0.4 is 5.32 Å². The van der Waals surface area contributed by atoms with Gasteiger partial charge in [-0.25, -0.2) is 0 Å². The van der Waals surface area contributed by atoms with Gasteiger partial charge in [-0.1, -0.05) is 12.1 Å². The first kappa shape index (κ1) is 17.7. The Balaban J connectivity index is 1.95. The third-order valence-electron chi connectivity index (χ3n) is 3.50. The maximum Gasteiger partial charge on any atom is 0.416 e. The number of alkyl halides is 3. The van der Waals surface area contributed by atoms with Crippen LogP contribution in [0.4, 0.5) is 13.2 Å². The molecule has 4 nitrogen and oxygen atoms in total. The molecule has 7 heteroatoms. The summed E-state index contributed by atoms with van der Waals surface area (Å²) < 4.78 is 48.2. The molecule has 0 saturated carbocycles. The van der Waals surface area contributed by atoms with E-state index >= 15 is 0 Å². The second-order valence-electron chi connectivity index (χ2n) is 6.18. The minimum Gasteiger partial charge on any atom is -0.376 e. The van der Waals surface area contributed by atoms with Gasteiger partial charge in [0, 0.05) is 5.54 Å². The highest BCUT2D eigenvalue weighted by atomic mass is 19.4. The van der Waals surface area contributed by atoms with E-state index in [0.29, 0.717) is 25.2 Å². The summed E-state index contributed by atoms with van der Waals surface area (Å²) in [7, 11) is 0. The van der Waals surface area contributed by atoms with Gasteiger partial charge in [-0.2, -0.15) is 13.2 Å². The third-order valence-corrected chi connectivity index (χ3v) is 3.50. The lowest BCUT2D eigenvalue weighted by Gasteiger charge is -2.30. The lowest BCUT2D eigenvalue weighted by atomic mass is 9.94. The van der Waals surface area contributed by atoms with Gasteiger partial charge in [0.25, 0.3) is 5.91 Å². The van der Waals surface area contributed by atoms with Crippen molar-refractivity contribution in [2.75, 3.05) is 19.8 Å². The smallest absolute Gasteiger partial charge is 0.376 e. The fourth-order valence-electron chi connectivity index (χ4n) is 2.42. The zero-order valence-corrected chi connectivity index (χ0v) is 13.1. The van der Waals surface area contributed by atoms with E-state index in [2.05, 4.69) is 5.32 Å². The van der Waals surface area contributed by atoms with Crippen LogP contribution in [0.15, 0.2) is 24.3 Å². The summed E-state index contributed by atoms with van der Waals surface area (Å²) in [5.74, 6) is -0.276. The van der Waals surface area contributed by atoms with Crippen LogP contribution in [-0.4, -0.2) is 37.4 Å². The minimum atomic E-state index is -4.35. The molecule has 2 rings (SSSR count). The summed E-state index contributed by atoms with van der Waals surface area (Å²) >= 11 is 0. The minimum absolute atomic E-state index is 0.211. The van der Waals surface area contributed by atoms with E-state index in [4.69, 9.17) is 9.47 Å². The molecule has 1 saturated heterocycles. The van der Waals surface area contributed by atoms with Gasteiger partial charge < -0.3 is 14.8 Å². The van der Waals surface area contributed by atoms with Gasteiger partial charge in [-0.05, 0) is 38.0 Å². The molecule has 0 unspecified atom stereocenters. The van der Waals surface area contributed by atoms with Crippen LogP contribution in [0.3, 0.4) is 0 Å². The van der Waals surface area contributed by atoms with Crippen LogP contribution in [0.5, 0.6) is 0 Å². The van der Waals surface area contributed by atoms with Crippen molar-refractivity contribution >= 4 is 5.91 Å². The highest BCUT2D eigenvalue weighted by molar-refractivity contribution is 5.81. The molecule has 1 aromatic carbocycles. The fraction of sp³-hybridized carbons (Fsp3) is 0.562. The van der Waals surface area contributed by atoms with Gasteiger partial charge in [0.1, 0.15) is 0 Å². The first-order valence-electron chi connectivity index (χ1n) is 7.35. The number of amides is 1. The lowest BCUT2D eigenvalue weighted by Crippen LogP contribution is -2.52. The van der Waals surface area contributed by atoms with Crippen molar-refractivity contribution < 1.29 is 27.4 Å². The molecule has 0 aromatic heterocycles. The Labute approximate surface area is 133 Å². The average Bonchev–Trinajstić information content (AvgIpc) is 2.46. The molecule has 1 aliphatic rings. The summed E-state index contributed by atoms with van der Waals surface area (Å²) in [6, 6.07) is 4.95. The summed E-state index contributed by atoms with van der Waals surface area (Å²) in [4.78, 5) is 12.1. The van der Waals surface area contributed by atoms with E-state index in [0.717, 1.165) is 12.1 Å². The quantitative estimate of drug-likeness (QED) is 0.922. The molecule has 1 aromatic rings. The standard InChI is InChI=1S/C16H20F3NO3/c1-15(2,20-14(21)13-10-22-7-8-23-13)9-11-3-5-12(6-4-11)16(17,18)19/h3-6,13H,7-10H2,1-2H3,(H,20,21)/t13-/m1/s1. The van der Waals surface area contributed by atoms with E-state index in [1.54, 1.807) is 0 Å². The fourth-order valence-corrected chi connectivity index (χ4v) is 2.42. The molecule has 1 N–H and O–H groups in total. The molecule has 1 aliphatic heterocycles. The van der Waals surface area contributed by atoms with Crippen molar-refractivity contribution in [2.45, 2.75) is 38.1 Å². The SMILES string of the molecule is CC(C)(Cc1ccc(C(F)(F)F)cc1)NC(=O)[C@H]1COCCO1. The molecule has 0 bridgehead atoms. The number of halogens is 3. The van der Waals surface area contributed by atoms with Crippen LogP contribution >= 0.6 is 0 Å². The van der Waals surface area contributed by atoms with Crippen molar-refractivity contribution in [2.24, 2.45) is 0 Å². The molecule has 0 spiro atoms. The summed E-state index contributed by atoms with van der Waals surface area (Å²) in [5.41, 5.74) is -0.586. The molecule has 0 aliphatic carbocycles. The summed E-state index contributed by atoms with van der Waals surface area (Å²) in [6.07, 6.45) is -4.58. The Morgan fingerprint density at radius 3 is 2.39 bits per heavy atom. The van der Waals surface area contributed by atoms with E-state index in [1.165, 1.54) is 12.1 Å². The zero-order chi connectivity index (χ0) is 17.1. The first-order valence-corrected chi connectivity index (χ1v) is 7.35. The molecule has 1 fully saturated rings. The van der Waals surface area contributed by atoms with E-state index < -0.39 is 23.4 Å². The van der Waals surface area contributed by atoms with Crippen molar-refractivity contribution in [1.82, 2.24) is 5.32 Å². The van der Waals surface area contributed by atoms with Crippen molar-refractivity contribution in [3.63, 3.8) is 0 Å². The van der Waals surface area contributed by atoms with Gasteiger partial charge in [0.15, 0.2) is 6.10 Å². The van der Waals surface area contributed by atoms with Crippen LogP contribution in [0, 0.1) is 0 Å². The van der Waals surface area contributed by atoms with E-state index in [9.17, 15) is 18.0 Å². The second kappa shape index (κ2) is 6.88. The third kappa shape index (κ3) is 5.21. The maximum atomic E-state index is 12.6. The van der Waals surface area contributed by atoms with Gasteiger partial charge in [0.05, 0.1) is 25.4 Å². The zero-order valence-electron chi connectivity index (χ0n) is 13.1.